The summed E-state index contributed by atoms with van der Waals surface area (Å²) in [6.45, 7) is -0.289. The molecule has 0 fully saturated rings. The number of alkyl halides is 3. The van der Waals surface area contributed by atoms with Gasteiger partial charge in [-0.25, -0.2) is 4.98 Å². The third-order valence-electron chi connectivity index (χ3n) is 2.54. The van der Waals surface area contributed by atoms with Gasteiger partial charge in [-0.3, -0.25) is 4.79 Å². The molecule has 102 valence electrons. The lowest BCUT2D eigenvalue weighted by atomic mass is 10.2. The molecule has 0 aliphatic heterocycles. The van der Waals surface area contributed by atoms with Gasteiger partial charge in [0.2, 0.25) is 0 Å². The summed E-state index contributed by atoms with van der Waals surface area (Å²) < 4.78 is 36.1. The van der Waals surface area contributed by atoms with Gasteiger partial charge in [0.25, 0.3) is 5.56 Å². The van der Waals surface area contributed by atoms with Crippen LogP contribution in [0.1, 0.15) is 6.42 Å². The summed E-state index contributed by atoms with van der Waals surface area (Å²) in [5.74, 6) is 0. The third-order valence-corrected chi connectivity index (χ3v) is 2.54. The van der Waals surface area contributed by atoms with Crippen LogP contribution in [-0.2, 0) is 0 Å². The Balaban J connectivity index is 2.25. The van der Waals surface area contributed by atoms with Gasteiger partial charge in [0, 0.05) is 6.54 Å². The highest BCUT2D eigenvalue weighted by molar-refractivity contribution is 5.88. The Labute approximate surface area is 105 Å². The normalized spacial score (nSPS) is 11.7. The van der Waals surface area contributed by atoms with Crippen LogP contribution >= 0.6 is 0 Å². The lowest BCUT2D eigenvalue weighted by Gasteiger charge is -2.11. The molecule has 4 N–H and O–H groups in total. The molecule has 0 aliphatic rings. The summed E-state index contributed by atoms with van der Waals surface area (Å²) in [6, 6.07) is 2.84. The van der Waals surface area contributed by atoms with E-state index in [1.807, 2.05) is 0 Å². The first-order chi connectivity index (χ1) is 8.87. The van der Waals surface area contributed by atoms with Gasteiger partial charge >= 0.3 is 6.18 Å². The fourth-order valence-electron chi connectivity index (χ4n) is 1.62. The molecule has 0 saturated heterocycles. The quantitative estimate of drug-likeness (QED) is 0.745. The zero-order valence-corrected chi connectivity index (χ0v) is 9.71. The van der Waals surface area contributed by atoms with Crippen molar-refractivity contribution in [3.05, 3.63) is 28.8 Å². The second-order valence-electron chi connectivity index (χ2n) is 3.98. The van der Waals surface area contributed by atoms with Crippen LogP contribution < -0.4 is 16.6 Å². The molecule has 1 aromatic heterocycles. The van der Waals surface area contributed by atoms with Crippen LogP contribution in [0.15, 0.2) is 23.3 Å². The van der Waals surface area contributed by atoms with Crippen molar-refractivity contribution in [1.29, 1.82) is 0 Å². The Hall–Kier alpha value is -2.25. The Kier molecular flexibility index (Phi) is 3.32. The van der Waals surface area contributed by atoms with Crippen molar-refractivity contribution in [2.75, 3.05) is 17.6 Å². The number of nitrogens with one attached hydrogen (secondary N) is 2. The maximum Gasteiger partial charge on any atom is 0.390 e. The molecule has 1 aromatic carbocycles. The van der Waals surface area contributed by atoms with Crippen LogP contribution in [0.5, 0.6) is 0 Å². The number of halogens is 3. The molecule has 0 saturated carbocycles. The first-order valence-corrected chi connectivity index (χ1v) is 5.44. The molecule has 0 amide bonds. The average molecular weight is 272 g/mol. The van der Waals surface area contributed by atoms with Crippen molar-refractivity contribution in [1.82, 2.24) is 9.97 Å². The molecule has 2 rings (SSSR count). The van der Waals surface area contributed by atoms with Crippen molar-refractivity contribution < 1.29 is 13.2 Å². The molecule has 0 aliphatic carbocycles. The summed E-state index contributed by atoms with van der Waals surface area (Å²) in [4.78, 5) is 17.8. The van der Waals surface area contributed by atoms with E-state index in [-0.39, 0.29) is 17.8 Å². The van der Waals surface area contributed by atoms with Crippen molar-refractivity contribution in [2.24, 2.45) is 0 Å². The van der Waals surface area contributed by atoms with E-state index in [0.717, 1.165) is 0 Å². The van der Waals surface area contributed by atoms with Gasteiger partial charge < -0.3 is 16.0 Å². The Morgan fingerprint density at radius 1 is 1.37 bits per heavy atom. The molecular formula is C11H11F3N4O. The van der Waals surface area contributed by atoms with Crippen molar-refractivity contribution in [3.8, 4) is 0 Å². The molecule has 5 nitrogen and oxygen atoms in total. The number of fused-ring (bicyclic) bond motifs is 1. The lowest BCUT2D eigenvalue weighted by Crippen LogP contribution is -2.15. The Bertz CT molecular complexity index is 650. The van der Waals surface area contributed by atoms with E-state index in [4.69, 9.17) is 5.73 Å². The average Bonchev–Trinajstić information content (AvgIpc) is 2.30. The first-order valence-electron chi connectivity index (χ1n) is 5.44. The molecule has 0 bridgehead atoms. The topological polar surface area (TPSA) is 83.8 Å². The van der Waals surface area contributed by atoms with Crippen molar-refractivity contribution >= 4 is 22.3 Å². The zero-order valence-electron chi connectivity index (χ0n) is 9.71. The minimum absolute atomic E-state index is 0.202. The van der Waals surface area contributed by atoms with E-state index in [2.05, 4.69) is 15.3 Å². The van der Waals surface area contributed by atoms with E-state index in [9.17, 15) is 18.0 Å². The smallest absolute Gasteiger partial charge is 0.390 e. The first kappa shape index (κ1) is 13.2. The number of anilines is 2. The van der Waals surface area contributed by atoms with Gasteiger partial charge in [-0.15, -0.1) is 0 Å². The molecule has 0 atom stereocenters. The summed E-state index contributed by atoms with van der Waals surface area (Å²) in [5.41, 5.74) is 6.23. The van der Waals surface area contributed by atoms with Crippen molar-refractivity contribution in [2.45, 2.75) is 12.6 Å². The van der Waals surface area contributed by atoms with Gasteiger partial charge in [0.05, 0.1) is 35.0 Å². The van der Waals surface area contributed by atoms with Gasteiger partial charge in [-0.1, -0.05) is 0 Å². The number of H-pyrrole nitrogens is 1. The Morgan fingerprint density at radius 3 is 2.79 bits per heavy atom. The molecular weight excluding hydrogens is 261 g/mol. The van der Waals surface area contributed by atoms with E-state index in [1.165, 1.54) is 18.5 Å². The molecule has 2 aromatic rings. The molecule has 0 radical (unpaired) electrons. The number of hydrogen-bond acceptors (Lipinski definition) is 4. The Morgan fingerprint density at radius 2 is 2.11 bits per heavy atom. The van der Waals surface area contributed by atoms with E-state index in [0.29, 0.717) is 16.6 Å². The van der Waals surface area contributed by atoms with Crippen LogP contribution in [0.2, 0.25) is 0 Å². The van der Waals surface area contributed by atoms with Crippen LogP contribution in [0, 0.1) is 0 Å². The lowest BCUT2D eigenvalue weighted by molar-refractivity contribution is -0.131. The summed E-state index contributed by atoms with van der Waals surface area (Å²) in [7, 11) is 0. The van der Waals surface area contributed by atoms with Gasteiger partial charge in [0.15, 0.2) is 0 Å². The maximum atomic E-state index is 12.0. The molecule has 0 unspecified atom stereocenters. The largest absolute Gasteiger partial charge is 0.397 e. The highest BCUT2D eigenvalue weighted by atomic mass is 19.4. The highest BCUT2D eigenvalue weighted by Gasteiger charge is 2.26. The number of nitrogens with two attached hydrogens (primary N) is 1. The summed E-state index contributed by atoms with van der Waals surface area (Å²) >= 11 is 0. The second kappa shape index (κ2) is 4.79. The highest BCUT2D eigenvalue weighted by Crippen LogP contribution is 2.24. The number of rotatable bonds is 3. The number of benzene rings is 1. The van der Waals surface area contributed by atoms with E-state index in [1.54, 1.807) is 0 Å². The maximum absolute atomic E-state index is 12.0. The summed E-state index contributed by atoms with van der Waals surface area (Å²) in [5, 5.41) is 2.88. The molecule has 19 heavy (non-hydrogen) atoms. The van der Waals surface area contributed by atoms with Crippen LogP contribution in [0.3, 0.4) is 0 Å². The minimum atomic E-state index is -4.23. The van der Waals surface area contributed by atoms with Crippen LogP contribution in [-0.4, -0.2) is 22.7 Å². The number of hydrogen-bond donors (Lipinski definition) is 3. The zero-order chi connectivity index (χ0) is 14.0. The third kappa shape index (κ3) is 3.15. The number of aromatic nitrogens is 2. The fourth-order valence-corrected chi connectivity index (χ4v) is 1.62. The number of aromatic amines is 1. The van der Waals surface area contributed by atoms with Gasteiger partial charge in [-0.2, -0.15) is 13.2 Å². The van der Waals surface area contributed by atoms with E-state index < -0.39 is 12.6 Å². The minimum Gasteiger partial charge on any atom is -0.397 e. The predicted molar refractivity (Wildman–Crippen MR) is 65.9 cm³/mol. The van der Waals surface area contributed by atoms with Crippen LogP contribution in [0.25, 0.3) is 10.9 Å². The predicted octanol–water partition coefficient (Wildman–Crippen LogP) is 1.87. The molecule has 0 spiro atoms. The fraction of sp³-hybridized carbons (Fsp3) is 0.273. The SMILES string of the molecule is Nc1cc2c(=O)[nH]cnc2cc1NCCC(F)(F)F. The van der Waals surface area contributed by atoms with Gasteiger partial charge in [0.1, 0.15) is 0 Å². The van der Waals surface area contributed by atoms with Crippen molar-refractivity contribution in [3.63, 3.8) is 0 Å². The monoisotopic (exact) mass is 272 g/mol. The second-order valence-corrected chi connectivity index (χ2v) is 3.98. The summed E-state index contributed by atoms with van der Waals surface area (Å²) in [6.07, 6.45) is -3.97. The van der Waals surface area contributed by atoms with Crippen LogP contribution in [0.4, 0.5) is 24.5 Å². The molecule has 1 heterocycles. The number of nitrogens with zero attached hydrogens (tertiary/aromatic N) is 1. The van der Waals surface area contributed by atoms with Gasteiger partial charge in [-0.05, 0) is 12.1 Å². The number of nitrogen functional groups attached to an aromatic ring is 1. The van der Waals surface area contributed by atoms with E-state index >= 15 is 0 Å². The standard InChI is InChI=1S/C11H11F3N4O/c12-11(13,14)1-2-16-9-4-8-6(3-7(9)15)10(19)18-5-17-8/h3-5,16H,1-2,15H2,(H,17,18,19). The molecule has 8 heteroatoms.